The van der Waals surface area contributed by atoms with E-state index in [0.717, 1.165) is 25.9 Å². The number of hydrogen-bond acceptors (Lipinski definition) is 3. The third-order valence-electron chi connectivity index (χ3n) is 4.61. The predicted octanol–water partition coefficient (Wildman–Crippen LogP) is 2.85. The summed E-state index contributed by atoms with van der Waals surface area (Å²) in [5.74, 6) is -0.210. The summed E-state index contributed by atoms with van der Waals surface area (Å²) < 4.78 is 0. The van der Waals surface area contributed by atoms with E-state index >= 15 is 0 Å². The number of carbonyl (C=O) groups excluding carboxylic acids is 2. The van der Waals surface area contributed by atoms with Gasteiger partial charge in [0, 0.05) is 12.6 Å². The summed E-state index contributed by atoms with van der Waals surface area (Å²) in [5, 5.41) is 9.29. The Morgan fingerprint density at radius 1 is 1.08 bits per heavy atom. The van der Waals surface area contributed by atoms with E-state index in [1.54, 1.807) is 23.1 Å². The van der Waals surface area contributed by atoms with Crippen LogP contribution in [-0.2, 0) is 0 Å². The normalized spacial score (nSPS) is 19.3. The Kier molecular flexibility index (Phi) is 4.11. The monoisotopic (exact) mass is 336 g/mol. The lowest BCUT2D eigenvalue weighted by Gasteiger charge is -2.29. The van der Waals surface area contributed by atoms with Crippen molar-refractivity contribution in [1.82, 2.24) is 10.6 Å². The summed E-state index contributed by atoms with van der Waals surface area (Å²) in [7, 11) is 0. The van der Waals surface area contributed by atoms with Gasteiger partial charge in [0.25, 0.3) is 5.91 Å². The number of rotatable bonds is 1. The molecule has 2 aliphatic heterocycles. The van der Waals surface area contributed by atoms with Crippen LogP contribution in [0, 0.1) is 0 Å². The van der Waals surface area contributed by atoms with Crippen molar-refractivity contribution in [2.45, 2.75) is 18.9 Å². The Morgan fingerprint density at radius 3 is 2.64 bits per heavy atom. The highest BCUT2D eigenvalue weighted by Gasteiger charge is 2.30. The minimum atomic E-state index is -0.218. The highest BCUT2D eigenvalue weighted by molar-refractivity contribution is 6.17. The number of benzene rings is 2. The van der Waals surface area contributed by atoms with Gasteiger partial charge in [-0.15, -0.1) is 0 Å². The smallest absolute Gasteiger partial charge is 0.326 e. The first kappa shape index (κ1) is 15.7. The third-order valence-corrected chi connectivity index (χ3v) is 4.61. The van der Waals surface area contributed by atoms with Crippen LogP contribution >= 0.6 is 0 Å². The van der Waals surface area contributed by atoms with Crippen LogP contribution in [0.1, 0.15) is 23.2 Å². The number of hydrogen-bond donors (Lipinski definition) is 3. The van der Waals surface area contributed by atoms with Crippen LogP contribution < -0.4 is 20.9 Å². The number of amides is 3. The van der Waals surface area contributed by atoms with Crippen molar-refractivity contribution in [1.29, 1.82) is 0 Å². The molecule has 2 aliphatic rings. The molecule has 0 aromatic heterocycles. The van der Waals surface area contributed by atoms with Crippen LogP contribution in [0.5, 0.6) is 0 Å². The lowest BCUT2D eigenvalue weighted by atomic mass is 10.1. The average Bonchev–Trinajstić information content (AvgIpc) is 2.76. The number of para-hydroxylation sites is 3. The second kappa shape index (κ2) is 6.57. The van der Waals surface area contributed by atoms with Gasteiger partial charge in [0.1, 0.15) is 0 Å². The molecule has 0 bridgehead atoms. The molecule has 0 spiro atoms. The fraction of sp³-hybridized carbons (Fsp3) is 0.263. The molecule has 4 rings (SSSR count). The Morgan fingerprint density at radius 2 is 1.84 bits per heavy atom. The number of nitrogens with zero attached hydrogens (tertiary/aromatic N) is 1. The van der Waals surface area contributed by atoms with Crippen LogP contribution in [0.25, 0.3) is 0 Å². The largest absolute Gasteiger partial charge is 0.333 e. The minimum Gasteiger partial charge on any atom is -0.333 e. The summed E-state index contributed by atoms with van der Waals surface area (Å²) in [6.07, 6.45) is 1.99. The zero-order valence-electron chi connectivity index (χ0n) is 13.8. The SMILES string of the molecule is O=C1Nc2ccccc2N(C(=O)NC2CCCNC2)c2ccccc21. The Balaban J connectivity index is 1.75. The molecule has 0 aliphatic carbocycles. The molecular formula is C19H20N4O2. The predicted molar refractivity (Wildman–Crippen MR) is 97.4 cm³/mol. The lowest BCUT2D eigenvalue weighted by molar-refractivity contribution is 0.102. The van der Waals surface area contributed by atoms with Crippen molar-refractivity contribution >= 4 is 29.0 Å². The van der Waals surface area contributed by atoms with E-state index < -0.39 is 0 Å². The fourth-order valence-electron chi connectivity index (χ4n) is 3.39. The molecule has 6 nitrogen and oxygen atoms in total. The maximum absolute atomic E-state index is 13.1. The van der Waals surface area contributed by atoms with E-state index in [2.05, 4.69) is 16.0 Å². The summed E-state index contributed by atoms with van der Waals surface area (Å²) in [4.78, 5) is 27.2. The van der Waals surface area contributed by atoms with E-state index in [-0.39, 0.29) is 18.0 Å². The summed E-state index contributed by atoms with van der Waals surface area (Å²) >= 11 is 0. The molecule has 1 unspecified atom stereocenters. The number of fused-ring (bicyclic) bond motifs is 2. The van der Waals surface area contributed by atoms with Crippen LogP contribution in [0.2, 0.25) is 0 Å². The number of anilines is 3. The zero-order valence-corrected chi connectivity index (χ0v) is 13.8. The molecular weight excluding hydrogens is 316 g/mol. The molecule has 0 saturated carbocycles. The maximum Gasteiger partial charge on any atom is 0.326 e. The van der Waals surface area contributed by atoms with Gasteiger partial charge in [-0.1, -0.05) is 24.3 Å². The second-order valence-corrected chi connectivity index (χ2v) is 6.32. The van der Waals surface area contributed by atoms with Gasteiger partial charge in [-0.25, -0.2) is 4.79 Å². The van der Waals surface area contributed by atoms with Gasteiger partial charge in [-0.05, 0) is 43.7 Å². The molecule has 2 aromatic carbocycles. The van der Waals surface area contributed by atoms with E-state index in [1.165, 1.54) is 0 Å². The van der Waals surface area contributed by atoms with Crippen LogP contribution in [0.3, 0.4) is 0 Å². The summed E-state index contributed by atoms with van der Waals surface area (Å²) in [5.41, 5.74) is 2.37. The Labute approximate surface area is 146 Å². The fourth-order valence-corrected chi connectivity index (χ4v) is 3.39. The zero-order chi connectivity index (χ0) is 17.2. The number of nitrogens with one attached hydrogen (secondary N) is 3. The van der Waals surface area contributed by atoms with Crippen LogP contribution in [0.15, 0.2) is 48.5 Å². The van der Waals surface area contributed by atoms with Gasteiger partial charge in [-0.2, -0.15) is 0 Å². The molecule has 0 radical (unpaired) electrons. The van der Waals surface area contributed by atoms with Gasteiger partial charge < -0.3 is 16.0 Å². The van der Waals surface area contributed by atoms with Crippen LogP contribution in [0.4, 0.5) is 21.9 Å². The minimum absolute atomic E-state index is 0.0903. The molecule has 128 valence electrons. The molecule has 2 aromatic rings. The van der Waals surface area contributed by atoms with E-state index in [9.17, 15) is 9.59 Å². The number of carbonyl (C=O) groups is 2. The van der Waals surface area contributed by atoms with Gasteiger partial charge in [0.15, 0.2) is 0 Å². The first-order valence-electron chi connectivity index (χ1n) is 8.55. The Hall–Kier alpha value is -2.86. The van der Waals surface area contributed by atoms with Gasteiger partial charge >= 0.3 is 6.03 Å². The molecule has 6 heteroatoms. The molecule has 1 fully saturated rings. The Bertz CT molecular complexity index is 815. The van der Waals surface area contributed by atoms with Crippen molar-refractivity contribution in [3.05, 3.63) is 54.1 Å². The first-order chi connectivity index (χ1) is 12.2. The average molecular weight is 336 g/mol. The van der Waals surface area contributed by atoms with Gasteiger partial charge in [-0.3, -0.25) is 9.69 Å². The molecule has 2 heterocycles. The quantitative estimate of drug-likeness (QED) is 0.750. The summed E-state index contributed by atoms with van der Waals surface area (Å²) in [6, 6.07) is 14.4. The highest BCUT2D eigenvalue weighted by atomic mass is 16.2. The molecule has 3 N–H and O–H groups in total. The van der Waals surface area contributed by atoms with E-state index in [0.29, 0.717) is 22.6 Å². The molecule has 3 amide bonds. The molecule has 1 atom stereocenters. The van der Waals surface area contributed by atoms with Crippen molar-refractivity contribution in [3.63, 3.8) is 0 Å². The first-order valence-corrected chi connectivity index (χ1v) is 8.55. The van der Waals surface area contributed by atoms with Crippen LogP contribution in [-0.4, -0.2) is 31.1 Å². The summed E-state index contributed by atoms with van der Waals surface area (Å²) in [6.45, 7) is 1.75. The van der Waals surface area contributed by atoms with Gasteiger partial charge in [0.2, 0.25) is 0 Å². The highest BCUT2D eigenvalue weighted by Crippen LogP contribution is 2.37. The number of piperidine rings is 1. The third kappa shape index (κ3) is 2.96. The maximum atomic E-state index is 13.1. The lowest BCUT2D eigenvalue weighted by Crippen LogP contribution is -2.49. The van der Waals surface area contributed by atoms with Crippen molar-refractivity contribution < 1.29 is 9.59 Å². The standard InChI is InChI=1S/C19H20N4O2/c24-18-14-7-1-3-9-16(14)23(17-10-4-2-8-15(17)22-18)19(25)21-13-6-5-11-20-12-13/h1-4,7-10,13,20H,5-6,11-12H2,(H,21,25)(H,22,24). The number of urea groups is 1. The second-order valence-electron chi connectivity index (χ2n) is 6.32. The van der Waals surface area contributed by atoms with Crippen molar-refractivity contribution in [2.75, 3.05) is 23.3 Å². The molecule has 25 heavy (non-hydrogen) atoms. The van der Waals surface area contributed by atoms with Crippen molar-refractivity contribution in [2.24, 2.45) is 0 Å². The molecule has 1 saturated heterocycles. The van der Waals surface area contributed by atoms with E-state index in [1.807, 2.05) is 30.3 Å². The van der Waals surface area contributed by atoms with Gasteiger partial charge in [0.05, 0.1) is 22.6 Å². The van der Waals surface area contributed by atoms with E-state index in [4.69, 9.17) is 0 Å². The topological polar surface area (TPSA) is 73.5 Å². The van der Waals surface area contributed by atoms with Crippen molar-refractivity contribution in [3.8, 4) is 0 Å².